The lowest BCUT2D eigenvalue weighted by Gasteiger charge is -2.29. The fraction of sp³-hybridized carbons (Fsp3) is 0.391. The molecule has 5 rings (SSSR count). The average Bonchev–Trinajstić information content (AvgIpc) is 3.42. The van der Waals surface area contributed by atoms with Crippen molar-refractivity contribution in [3.05, 3.63) is 41.9 Å². The SMILES string of the molecule is C[C@H](O)CNc1nccc(-c2cn(C3CCN(C)CC3)nc2-c2cnc3[nH]cc(Cl)c3c2)n1. The number of fused-ring (bicyclic) bond motifs is 1. The lowest BCUT2D eigenvalue weighted by molar-refractivity contribution is 0.208. The van der Waals surface area contributed by atoms with Crippen molar-refractivity contribution in [2.45, 2.75) is 31.9 Å². The van der Waals surface area contributed by atoms with Crippen LogP contribution in [0.5, 0.6) is 0 Å². The number of hydrogen-bond donors (Lipinski definition) is 3. The van der Waals surface area contributed by atoms with Gasteiger partial charge in [-0.15, -0.1) is 0 Å². The zero-order valence-corrected chi connectivity index (χ0v) is 19.4. The van der Waals surface area contributed by atoms with Crippen molar-refractivity contribution >= 4 is 28.6 Å². The first-order valence-electron chi connectivity index (χ1n) is 11.1. The third-order valence-electron chi connectivity index (χ3n) is 6.04. The van der Waals surface area contributed by atoms with Gasteiger partial charge in [-0.05, 0) is 52.0 Å². The van der Waals surface area contributed by atoms with E-state index in [0.29, 0.717) is 23.6 Å². The van der Waals surface area contributed by atoms with E-state index in [0.717, 1.165) is 59.5 Å². The highest BCUT2D eigenvalue weighted by Crippen LogP contribution is 2.35. The third-order valence-corrected chi connectivity index (χ3v) is 6.35. The van der Waals surface area contributed by atoms with Crippen molar-refractivity contribution in [1.82, 2.24) is 34.6 Å². The first kappa shape index (κ1) is 21.8. The van der Waals surface area contributed by atoms with Gasteiger partial charge in [-0.2, -0.15) is 5.10 Å². The predicted molar refractivity (Wildman–Crippen MR) is 129 cm³/mol. The standard InChI is InChI=1S/C23H27ClN8O/c1-14(33)10-28-23-25-6-3-20(29-23)18-13-32(16-4-7-31(2)8-5-16)30-21(18)15-9-17-19(24)12-27-22(17)26-11-15/h3,6,9,11-14,16,33H,4-5,7-8,10H2,1-2H3,(H,26,27)(H,25,28,29)/t14-/m0/s1. The Hall–Kier alpha value is -3.01. The number of aromatic amines is 1. The van der Waals surface area contributed by atoms with Gasteiger partial charge in [-0.3, -0.25) is 4.68 Å². The van der Waals surface area contributed by atoms with Gasteiger partial charge in [0.15, 0.2) is 0 Å². The van der Waals surface area contributed by atoms with Gasteiger partial charge in [0.05, 0.1) is 22.9 Å². The number of anilines is 1. The van der Waals surface area contributed by atoms with Crippen molar-refractivity contribution in [2.75, 3.05) is 32.0 Å². The number of aromatic nitrogens is 6. The molecular weight excluding hydrogens is 440 g/mol. The molecule has 33 heavy (non-hydrogen) atoms. The monoisotopic (exact) mass is 466 g/mol. The molecule has 9 nitrogen and oxygen atoms in total. The summed E-state index contributed by atoms with van der Waals surface area (Å²) < 4.78 is 2.07. The quantitative estimate of drug-likeness (QED) is 0.398. The molecule has 0 bridgehead atoms. The molecular formula is C23H27ClN8O. The van der Waals surface area contributed by atoms with Gasteiger partial charge in [0.25, 0.3) is 0 Å². The van der Waals surface area contributed by atoms with E-state index in [4.69, 9.17) is 21.7 Å². The second kappa shape index (κ2) is 9.09. The highest BCUT2D eigenvalue weighted by Gasteiger charge is 2.23. The predicted octanol–water partition coefficient (Wildman–Crippen LogP) is 3.60. The van der Waals surface area contributed by atoms with E-state index in [1.165, 1.54) is 0 Å². The zero-order valence-electron chi connectivity index (χ0n) is 18.7. The average molecular weight is 467 g/mol. The van der Waals surface area contributed by atoms with Crippen LogP contribution in [0.1, 0.15) is 25.8 Å². The molecule has 3 N–H and O–H groups in total. The summed E-state index contributed by atoms with van der Waals surface area (Å²) in [6.45, 7) is 4.18. The topological polar surface area (TPSA) is 108 Å². The van der Waals surface area contributed by atoms with Crippen LogP contribution in [-0.4, -0.2) is 72.5 Å². The number of likely N-dealkylation sites (tertiary alicyclic amines) is 1. The Bertz CT molecular complexity index is 1260. The molecule has 4 aromatic heterocycles. The molecule has 0 spiro atoms. The van der Waals surface area contributed by atoms with E-state index in [2.05, 4.69) is 43.1 Å². The van der Waals surface area contributed by atoms with Gasteiger partial charge in [0.2, 0.25) is 5.95 Å². The van der Waals surface area contributed by atoms with Crippen LogP contribution in [0.15, 0.2) is 36.9 Å². The zero-order chi connectivity index (χ0) is 22.9. The van der Waals surface area contributed by atoms with E-state index >= 15 is 0 Å². The van der Waals surface area contributed by atoms with E-state index in [-0.39, 0.29) is 0 Å². The van der Waals surface area contributed by atoms with E-state index in [1.54, 1.807) is 19.3 Å². The summed E-state index contributed by atoms with van der Waals surface area (Å²) in [6, 6.07) is 4.22. The molecule has 1 atom stereocenters. The van der Waals surface area contributed by atoms with E-state index in [1.807, 2.05) is 18.3 Å². The second-order valence-electron chi connectivity index (χ2n) is 8.66. The molecule has 0 radical (unpaired) electrons. The van der Waals surface area contributed by atoms with Gasteiger partial charge in [-0.25, -0.2) is 15.0 Å². The maximum atomic E-state index is 9.60. The summed E-state index contributed by atoms with van der Waals surface area (Å²) in [7, 11) is 2.15. The number of nitrogens with one attached hydrogen (secondary N) is 2. The number of rotatable bonds is 6. The summed E-state index contributed by atoms with van der Waals surface area (Å²) in [4.78, 5) is 19.0. The highest BCUT2D eigenvalue weighted by atomic mass is 35.5. The van der Waals surface area contributed by atoms with Crippen LogP contribution in [0.3, 0.4) is 0 Å². The summed E-state index contributed by atoms with van der Waals surface area (Å²) in [5.41, 5.74) is 4.09. The summed E-state index contributed by atoms with van der Waals surface area (Å²) in [5, 5.41) is 19.2. The van der Waals surface area contributed by atoms with E-state index < -0.39 is 6.10 Å². The number of H-pyrrole nitrogens is 1. The largest absolute Gasteiger partial charge is 0.392 e. The number of aliphatic hydroxyl groups is 1. The first-order valence-corrected chi connectivity index (χ1v) is 11.5. The van der Waals surface area contributed by atoms with E-state index in [9.17, 15) is 5.11 Å². The number of halogens is 1. The molecule has 0 aliphatic carbocycles. The molecule has 1 saturated heterocycles. The van der Waals surface area contributed by atoms with Crippen LogP contribution in [0.4, 0.5) is 5.95 Å². The first-order chi connectivity index (χ1) is 16.0. The fourth-order valence-electron chi connectivity index (χ4n) is 4.17. The van der Waals surface area contributed by atoms with Gasteiger partial charge < -0.3 is 20.3 Å². The minimum Gasteiger partial charge on any atom is -0.392 e. The van der Waals surface area contributed by atoms with Crippen molar-refractivity contribution in [3.8, 4) is 22.5 Å². The maximum Gasteiger partial charge on any atom is 0.223 e. The minimum atomic E-state index is -0.496. The smallest absolute Gasteiger partial charge is 0.223 e. The van der Waals surface area contributed by atoms with Crippen molar-refractivity contribution in [3.63, 3.8) is 0 Å². The highest BCUT2D eigenvalue weighted by molar-refractivity contribution is 6.35. The third kappa shape index (κ3) is 4.57. The van der Waals surface area contributed by atoms with Crippen LogP contribution >= 0.6 is 11.6 Å². The molecule has 1 aliphatic heterocycles. The van der Waals surface area contributed by atoms with Crippen LogP contribution < -0.4 is 5.32 Å². The molecule has 0 aromatic carbocycles. The Morgan fingerprint density at radius 1 is 1.30 bits per heavy atom. The number of pyridine rings is 1. The normalized spacial score (nSPS) is 16.4. The number of nitrogens with zero attached hydrogens (tertiary/aromatic N) is 6. The molecule has 10 heteroatoms. The Morgan fingerprint density at radius 2 is 2.12 bits per heavy atom. The lowest BCUT2D eigenvalue weighted by atomic mass is 10.1. The van der Waals surface area contributed by atoms with Crippen molar-refractivity contribution < 1.29 is 5.11 Å². The van der Waals surface area contributed by atoms with Gasteiger partial charge in [0.1, 0.15) is 11.3 Å². The van der Waals surface area contributed by atoms with Crippen molar-refractivity contribution in [2.24, 2.45) is 0 Å². The molecule has 0 saturated carbocycles. The number of piperidine rings is 1. The van der Waals surface area contributed by atoms with Gasteiger partial charge in [-0.1, -0.05) is 11.6 Å². The molecule has 0 unspecified atom stereocenters. The second-order valence-corrected chi connectivity index (χ2v) is 9.07. The molecule has 0 amide bonds. The summed E-state index contributed by atoms with van der Waals surface area (Å²) in [6.07, 6.45) is 8.94. The Kier molecular flexibility index (Phi) is 6.01. The van der Waals surface area contributed by atoms with Crippen LogP contribution in [0.2, 0.25) is 5.02 Å². The Balaban J connectivity index is 1.58. The number of hydrogen-bond acceptors (Lipinski definition) is 7. The van der Waals surface area contributed by atoms with Crippen LogP contribution in [0.25, 0.3) is 33.5 Å². The molecule has 1 aliphatic rings. The molecule has 4 aromatic rings. The maximum absolute atomic E-state index is 9.60. The number of aliphatic hydroxyl groups excluding tert-OH is 1. The minimum absolute atomic E-state index is 0.330. The van der Waals surface area contributed by atoms with Crippen molar-refractivity contribution in [1.29, 1.82) is 0 Å². The van der Waals surface area contributed by atoms with Gasteiger partial charge >= 0.3 is 0 Å². The Morgan fingerprint density at radius 3 is 2.91 bits per heavy atom. The fourth-order valence-corrected chi connectivity index (χ4v) is 4.37. The Labute approximate surface area is 196 Å². The van der Waals surface area contributed by atoms with Crippen LogP contribution in [0, 0.1) is 0 Å². The van der Waals surface area contributed by atoms with Crippen LogP contribution in [-0.2, 0) is 0 Å². The molecule has 172 valence electrons. The lowest BCUT2D eigenvalue weighted by Crippen LogP contribution is -2.31. The molecule has 5 heterocycles. The summed E-state index contributed by atoms with van der Waals surface area (Å²) >= 11 is 6.36. The van der Waals surface area contributed by atoms with Gasteiger partial charge in [0, 0.05) is 47.8 Å². The summed E-state index contributed by atoms with van der Waals surface area (Å²) in [5.74, 6) is 0.466. The molecule has 1 fully saturated rings.